The van der Waals surface area contributed by atoms with Crippen LogP contribution in [0.4, 0.5) is 32.0 Å². The van der Waals surface area contributed by atoms with E-state index < -0.39 is 29.4 Å². The number of benzene rings is 2. The van der Waals surface area contributed by atoms with Crippen molar-refractivity contribution in [2.45, 2.75) is 37.7 Å². The molecule has 2 rings (SSSR count). The molecule has 0 aromatic heterocycles. The molecular weight excluding hydrogens is 426 g/mol. The topological polar surface area (TPSA) is 64.3 Å². The Morgan fingerprint density at radius 3 is 1.90 bits per heavy atom. The maximum atomic E-state index is 13.1. The maximum Gasteiger partial charge on any atom is 0.430 e. The van der Waals surface area contributed by atoms with E-state index in [9.17, 15) is 36.2 Å². The summed E-state index contributed by atoms with van der Waals surface area (Å²) in [5, 5.41) is 18.4. The number of anilines is 1. The zero-order valence-electron chi connectivity index (χ0n) is 16.3. The van der Waals surface area contributed by atoms with Gasteiger partial charge in [-0.25, -0.2) is 0 Å². The molecule has 31 heavy (non-hydrogen) atoms. The smallest absolute Gasteiger partial charge is 0.369 e. The van der Waals surface area contributed by atoms with Crippen molar-refractivity contribution in [3.8, 4) is 6.07 Å². The first-order valence-corrected chi connectivity index (χ1v) is 9.15. The molecule has 0 aliphatic rings. The minimum atomic E-state index is -5.99. The van der Waals surface area contributed by atoms with Gasteiger partial charge in [-0.2, -0.15) is 31.6 Å². The van der Waals surface area contributed by atoms with Crippen LogP contribution in [0, 0.1) is 11.3 Å². The largest absolute Gasteiger partial charge is 0.430 e. The van der Waals surface area contributed by atoms with Crippen molar-refractivity contribution in [2.75, 3.05) is 11.4 Å². The second kappa shape index (κ2) is 8.98. The van der Waals surface area contributed by atoms with E-state index in [0.29, 0.717) is 30.5 Å². The highest BCUT2D eigenvalue weighted by Crippen LogP contribution is 2.50. The number of amides is 1. The van der Waals surface area contributed by atoms with Crippen LogP contribution in [0.15, 0.2) is 48.5 Å². The fourth-order valence-electron chi connectivity index (χ4n) is 2.88. The number of halogens is 6. The number of unbranched alkanes of at least 4 members (excludes halogenated alkanes) is 1. The average Bonchev–Trinajstić information content (AvgIpc) is 2.72. The van der Waals surface area contributed by atoms with Gasteiger partial charge in [0.2, 0.25) is 0 Å². The van der Waals surface area contributed by atoms with E-state index in [4.69, 9.17) is 5.26 Å². The van der Waals surface area contributed by atoms with E-state index in [1.54, 1.807) is 0 Å². The number of nitrogens with zero attached hydrogens (tertiary/aromatic N) is 2. The summed E-state index contributed by atoms with van der Waals surface area (Å²) in [6, 6.07) is 10.4. The van der Waals surface area contributed by atoms with E-state index in [1.807, 2.05) is 13.0 Å². The molecule has 0 saturated heterocycles. The van der Waals surface area contributed by atoms with Gasteiger partial charge in [-0.3, -0.25) is 4.79 Å². The molecule has 4 nitrogen and oxygen atoms in total. The fourth-order valence-corrected chi connectivity index (χ4v) is 2.88. The van der Waals surface area contributed by atoms with Crippen LogP contribution in [-0.4, -0.2) is 29.9 Å². The Bertz CT molecular complexity index is 930. The van der Waals surface area contributed by atoms with Crippen LogP contribution >= 0.6 is 0 Å². The van der Waals surface area contributed by atoms with Crippen molar-refractivity contribution < 1.29 is 36.2 Å². The molecule has 0 atom stereocenters. The van der Waals surface area contributed by atoms with Gasteiger partial charge < -0.3 is 10.0 Å². The number of aliphatic hydroxyl groups is 1. The van der Waals surface area contributed by atoms with Crippen LogP contribution in [0.3, 0.4) is 0 Å². The lowest BCUT2D eigenvalue weighted by Crippen LogP contribution is -2.53. The van der Waals surface area contributed by atoms with Crippen LogP contribution in [-0.2, 0) is 5.60 Å². The predicted molar refractivity (Wildman–Crippen MR) is 100 cm³/mol. The summed E-state index contributed by atoms with van der Waals surface area (Å²) in [5.41, 5.74) is -5.86. The van der Waals surface area contributed by atoms with E-state index in [2.05, 4.69) is 0 Å². The lowest BCUT2D eigenvalue weighted by atomic mass is 9.92. The molecule has 1 amide bonds. The average molecular weight is 444 g/mol. The van der Waals surface area contributed by atoms with Gasteiger partial charge in [0.25, 0.3) is 11.5 Å². The Morgan fingerprint density at radius 1 is 0.968 bits per heavy atom. The summed E-state index contributed by atoms with van der Waals surface area (Å²) < 4.78 is 78.4. The second-order valence-electron chi connectivity index (χ2n) is 6.75. The standard InChI is InChI=1S/C21H18F6N2O2/c1-2-3-12-29(18(30)15-6-4-14(13-28)5-7-15)17-10-8-16(9-11-17)19(31,20(22,23)24)21(25,26)27/h4-11,31H,2-3,12H2,1H3. The van der Waals surface area contributed by atoms with Crippen LogP contribution in [0.2, 0.25) is 0 Å². The van der Waals surface area contributed by atoms with Gasteiger partial charge in [0, 0.05) is 23.4 Å². The molecular formula is C21H18F6N2O2. The van der Waals surface area contributed by atoms with E-state index in [1.165, 1.54) is 29.2 Å². The third kappa shape index (κ3) is 4.82. The van der Waals surface area contributed by atoms with Gasteiger partial charge in [0.1, 0.15) is 0 Å². The third-order valence-electron chi connectivity index (χ3n) is 4.66. The van der Waals surface area contributed by atoms with Crippen molar-refractivity contribution in [3.05, 3.63) is 65.2 Å². The van der Waals surface area contributed by atoms with E-state index in [0.717, 1.165) is 12.1 Å². The third-order valence-corrected chi connectivity index (χ3v) is 4.66. The first-order chi connectivity index (χ1) is 14.4. The fraction of sp³-hybridized carbons (Fsp3) is 0.333. The summed E-state index contributed by atoms with van der Waals surface area (Å²) in [6.07, 6.45) is -10.8. The number of hydrogen-bond acceptors (Lipinski definition) is 3. The lowest BCUT2D eigenvalue weighted by molar-refractivity contribution is -0.376. The van der Waals surface area contributed by atoms with Gasteiger partial charge in [-0.15, -0.1) is 0 Å². The molecule has 10 heteroatoms. The highest BCUT2D eigenvalue weighted by Gasteiger charge is 2.71. The highest BCUT2D eigenvalue weighted by molar-refractivity contribution is 6.06. The second-order valence-corrected chi connectivity index (χ2v) is 6.75. The number of alkyl halides is 6. The van der Waals surface area contributed by atoms with Gasteiger partial charge in [0.15, 0.2) is 0 Å². The quantitative estimate of drug-likeness (QED) is 0.614. The Kier molecular flexibility index (Phi) is 7.01. The van der Waals surface area contributed by atoms with Crippen LogP contribution in [0.5, 0.6) is 0 Å². The monoisotopic (exact) mass is 444 g/mol. The summed E-state index contributed by atoms with van der Waals surface area (Å²) in [5.74, 6) is -0.535. The van der Waals surface area contributed by atoms with Crippen LogP contribution in [0.1, 0.15) is 41.3 Å². The van der Waals surface area contributed by atoms with Crippen molar-refractivity contribution in [3.63, 3.8) is 0 Å². The zero-order valence-corrected chi connectivity index (χ0v) is 16.3. The normalized spacial score (nSPS) is 12.4. The highest BCUT2D eigenvalue weighted by atomic mass is 19.4. The first kappa shape index (κ1) is 24.2. The first-order valence-electron chi connectivity index (χ1n) is 9.15. The van der Waals surface area contributed by atoms with Crippen LogP contribution < -0.4 is 4.90 Å². The molecule has 2 aromatic rings. The van der Waals surface area contributed by atoms with E-state index in [-0.39, 0.29) is 17.8 Å². The molecule has 0 unspecified atom stereocenters. The van der Waals surface area contributed by atoms with Gasteiger partial charge in [-0.1, -0.05) is 25.5 Å². The zero-order chi connectivity index (χ0) is 23.4. The van der Waals surface area contributed by atoms with Crippen molar-refractivity contribution in [2.24, 2.45) is 0 Å². The maximum absolute atomic E-state index is 13.1. The van der Waals surface area contributed by atoms with Crippen molar-refractivity contribution in [1.82, 2.24) is 0 Å². The molecule has 1 N–H and O–H groups in total. The number of carbonyl (C=O) groups excluding carboxylic acids is 1. The number of carbonyl (C=O) groups is 1. The molecule has 0 bridgehead atoms. The number of nitriles is 1. The van der Waals surface area contributed by atoms with Gasteiger partial charge >= 0.3 is 12.4 Å². The minimum Gasteiger partial charge on any atom is -0.369 e. The molecule has 0 aliphatic heterocycles. The SMILES string of the molecule is CCCCN(C(=O)c1ccc(C#N)cc1)c1ccc(C(O)(C(F)(F)F)C(F)(F)F)cc1. The molecule has 0 aliphatic carbocycles. The van der Waals surface area contributed by atoms with Gasteiger partial charge in [0.05, 0.1) is 11.6 Å². The predicted octanol–water partition coefficient (Wildman–Crippen LogP) is 5.32. The van der Waals surface area contributed by atoms with Gasteiger partial charge in [-0.05, 0) is 42.8 Å². The molecule has 0 radical (unpaired) electrons. The number of rotatable bonds is 6. The Hall–Kier alpha value is -3.06. The summed E-state index contributed by atoms with van der Waals surface area (Å²) in [7, 11) is 0. The summed E-state index contributed by atoms with van der Waals surface area (Å²) in [6.45, 7) is 2.01. The number of hydrogen-bond donors (Lipinski definition) is 1. The minimum absolute atomic E-state index is 0.0678. The Balaban J connectivity index is 2.45. The molecule has 0 saturated carbocycles. The molecule has 0 heterocycles. The molecule has 2 aromatic carbocycles. The van der Waals surface area contributed by atoms with E-state index >= 15 is 0 Å². The molecule has 0 spiro atoms. The summed E-state index contributed by atoms with van der Waals surface area (Å²) >= 11 is 0. The lowest BCUT2D eigenvalue weighted by Gasteiger charge is -2.33. The Morgan fingerprint density at radius 2 is 1.48 bits per heavy atom. The Labute approximate surface area is 174 Å². The molecule has 0 fully saturated rings. The van der Waals surface area contributed by atoms with Crippen LogP contribution in [0.25, 0.3) is 0 Å². The van der Waals surface area contributed by atoms with Crippen molar-refractivity contribution >= 4 is 11.6 Å². The van der Waals surface area contributed by atoms with Crippen molar-refractivity contribution in [1.29, 1.82) is 5.26 Å². The molecule has 166 valence electrons. The summed E-state index contributed by atoms with van der Waals surface area (Å²) in [4.78, 5) is 14.1.